The summed E-state index contributed by atoms with van der Waals surface area (Å²) in [6.45, 7) is 10.0. The van der Waals surface area contributed by atoms with Gasteiger partial charge in [-0.1, -0.05) is 13.8 Å². The van der Waals surface area contributed by atoms with E-state index in [0.717, 1.165) is 29.9 Å². The molecule has 0 bridgehead atoms. The number of likely N-dealkylation sites (N-methyl/N-ethyl adjacent to an activating group) is 1. The molecular formula is C15H23N5OS. The molecule has 2 N–H and O–H groups in total. The molecule has 7 heteroatoms. The Hall–Kier alpha value is -1.73. The summed E-state index contributed by atoms with van der Waals surface area (Å²) >= 11 is 1.63. The molecule has 2 heterocycles. The molecular weight excluding hydrogens is 298 g/mol. The smallest absolute Gasteiger partial charge is 0.239 e. The van der Waals surface area contributed by atoms with Crippen LogP contribution in [0.2, 0.25) is 0 Å². The maximum absolute atomic E-state index is 11.9. The summed E-state index contributed by atoms with van der Waals surface area (Å²) in [6.07, 6.45) is 1.53. The third kappa shape index (κ3) is 4.38. The monoisotopic (exact) mass is 321 g/mol. The van der Waals surface area contributed by atoms with E-state index >= 15 is 0 Å². The van der Waals surface area contributed by atoms with Gasteiger partial charge in [0.2, 0.25) is 5.91 Å². The molecule has 0 aliphatic carbocycles. The van der Waals surface area contributed by atoms with Gasteiger partial charge >= 0.3 is 0 Å². The van der Waals surface area contributed by atoms with E-state index in [0.29, 0.717) is 12.4 Å². The molecule has 0 fully saturated rings. The van der Waals surface area contributed by atoms with Crippen molar-refractivity contribution >= 4 is 33.3 Å². The lowest BCUT2D eigenvalue weighted by molar-refractivity contribution is -0.119. The third-order valence-electron chi connectivity index (χ3n) is 3.51. The Balaban J connectivity index is 1.83. The van der Waals surface area contributed by atoms with Crippen LogP contribution in [-0.2, 0) is 4.79 Å². The van der Waals surface area contributed by atoms with Gasteiger partial charge in [-0.25, -0.2) is 9.97 Å². The largest absolute Gasteiger partial charge is 0.360 e. The number of hydrogen-bond donors (Lipinski definition) is 2. The molecule has 0 saturated heterocycles. The predicted octanol–water partition coefficient (Wildman–Crippen LogP) is 1.87. The fraction of sp³-hybridized carbons (Fsp3) is 0.533. The Bertz CT molecular complexity index is 623. The Kier molecular flexibility index (Phi) is 6.09. The van der Waals surface area contributed by atoms with Crippen LogP contribution in [0.15, 0.2) is 12.4 Å². The maximum atomic E-state index is 11.9. The van der Waals surface area contributed by atoms with E-state index in [9.17, 15) is 4.79 Å². The number of carbonyl (C=O) groups excluding carboxylic acids is 1. The lowest BCUT2D eigenvalue weighted by Gasteiger charge is -2.18. The van der Waals surface area contributed by atoms with Gasteiger partial charge in [-0.2, -0.15) is 0 Å². The van der Waals surface area contributed by atoms with Crippen molar-refractivity contribution in [2.24, 2.45) is 0 Å². The first-order valence-corrected chi connectivity index (χ1v) is 8.39. The molecule has 2 aromatic rings. The number of carbonyl (C=O) groups is 1. The predicted molar refractivity (Wildman–Crippen MR) is 91.4 cm³/mol. The zero-order valence-corrected chi connectivity index (χ0v) is 14.2. The van der Waals surface area contributed by atoms with Crippen molar-refractivity contribution in [3.05, 3.63) is 17.3 Å². The van der Waals surface area contributed by atoms with Gasteiger partial charge in [-0.15, -0.1) is 11.3 Å². The second-order valence-corrected chi connectivity index (χ2v) is 6.26. The standard InChI is InChI=1S/C15H23N5OS/c1-4-20(5-2)7-6-16-13(21)9-17-14-12-8-11(3)22-15(12)19-10-18-14/h8,10H,4-7,9H2,1-3H3,(H,16,21)(H,17,18,19). The van der Waals surface area contributed by atoms with Gasteiger partial charge in [0.25, 0.3) is 0 Å². The average molecular weight is 321 g/mol. The quantitative estimate of drug-likeness (QED) is 0.777. The molecule has 22 heavy (non-hydrogen) atoms. The minimum Gasteiger partial charge on any atom is -0.360 e. The van der Waals surface area contributed by atoms with Crippen LogP contribution in [0, 0.1) is 6.92 Å². The van der Waals surface area contributed by atoms with E-state index in [1.165, 1.54) is 11.2 Å². The number of aryl methyl sites for hydroxylation is 1. The first kappa shape index (κ1) is 16.6. The van der Waals surface area contributed by atoms with Crippen LogP contribution >= 0.6 is 11.3 Å². The molecule has 0 unspecified atom stereocenters. The SMILES string of the molecule is CCN(CC)CCNC(=O)CNc1ncnc2sc(C)cc12. The lowest BCUT2D eigenvalue weighted by Crippen LogP contribution is -2.37. The zero-order chi connectivity index (χ0) is 15.9. The van der Waals surface area contributed by atoms with Crippen molar-refractivity contribution in [2.45, 2.75) is 20.8 Å². The molecule has 0 aliphatic rings. The fourth-order valence-electron chi connectivity index (χ4n) is 2.24. The number of amides is 1. The van der Waals surface area contributed by atoms with Gasteiger partial charge in [-0.05, 0) is 26.1 Å². The van der Waals surface area contributed by atoms with Crippen molar-refractivity contribution in [3.63, 3.8) is 0 Å². The van der Waals surface area contributed by atoms with E-state index in [1.54, 1.807) is 11.3 Å². The Labute approximate surface area is 134 Å². The number of anilines is 1. The van der Waals surface area contributed by atoms with Gasteiger partial charge in [0, 0.05) is 18.0 Å². The zero-order valence-electron chi connectivity index (χ0n) is 13.3. The molecule has 2 aromatic heterocycles. The van der Waals surface area contributed by atoms with Gasteiger partial charge in [0.05, 0.1) is 11.9 Å². The summed E-state index contributed by atoms with van der Waals surface area (Å²) in [5.41, 5.74) is 0. The van der Waals surface area contributed by atoms with Crippen LogP contribution in [0.3, 0.4) is 0 Å². The highest BCUT2D eigenvalue weighted by Crippen LogP contribution is 2.27. The molecule has 1 amide bonds. The number of nitrogens with one attached hydrogen (secondary N) is 2. The molecule has 6 nitrogen and oxygen atoms in total. The van der Waals surface area contributed by atoms with Crippen LogP contribution in [0.4, 0.5) is 5.82 Å². The molecule has 0 aliphatic heterocycles. The number of fused-ring (bicyclic) bond motifs is 1. The highest BCUT2D eigenvalue weighted by atomic mass is 32.1. The van der Waals surface area contributed by atoms with E-state index in [1.807, 2.05) is 13.0 Å². The minimum atomic E-state index is -0.0223. The van der Waals surface area contributed by atoms with Crippen molar-refractivity contribution in [1.29, 1.82) is 0 Å². The molecule has 120 valence electrons. The second-order valence-electron chi connectivity index (χ2n) is 5.03. The average Bonchev–Trinajstić information content (AvgIpc) is 2.90. The first-order valence-electron chi connectivity index (χ1n) is 7.58. The number of thiophene rings is 1. The highest BCUT2D eigenvalue weighted by Gasteiger charge is 2.08. The van der Waals surface area contributed by atoms with Crippen LogP contribution in [0.5, 0.6) is 0 Å². The molecule has 2 rings (SSSR count). The van der Waals surface area contributed by atoms with Crippen LogP contribution in [0.1, 0.15) is 18.7 Å². The normalized spacial score (nSPS) is 11.1. The van der Waals surface area contributed by atoms with Crippen molar-refractivity contribution in [3.8, 4) is 0 Å². The van der Waals surface area contributed by atoms with Gasteiger partial charge < -0.3 is 15.5 Å². The Morgan fingerprint density at radius 1 is 1.32 bits per heavy atom. The molecule has 0 saturated carbocycles. The fourth-order valence-corrected chi connectivity index (χ4v) is 3.08. The Morgan fingerprint density at radius 2 is 2.09 bits per heavy atom. The van der Waals surface area contributed by atoms with E-state index in [4.69, 9.17) is 0 Å². The lowest BCUT2D eigenvalue weighted by atomic mass is 10.3. The van der Waals surface area contributed by atoms with Gasteiger partial charge in [0.15, 0.2) is 0 Å². The summed E-state index contributed by atoms with van der Waals surface area (Å²) in [5, 5.41) is 6.99. The molecule has 0 radical (unpaired) electrons. The second kappa shape index (κ2) is 8.05. The van der Waals surface area contributed by atoms with E-state index < -0.39 is 0 Å². The van der Waals surface area contributed by atoms with Crippen LogP contribution in [-0.4, -0.2) is 53.5 Å². The van der Waals surface area contributed by atoms with Gasteiger partial charge in [-0.3, -0.25) is 4.79 Å². The maximum Gasteiger partial charge on any atom is 0.239 e. The van der Waals surface area contributed by atoms with E-state index in [-0.39, 0.29) is 12.5 Å². The minimum absolute atomic E-state index is 0.0223. The topological polar surface area (TPSA) is 70.2 Å². The summed E-state index contributed by atoms with van der Waals surface area (Å²) in [7, 11) is 0. The van der Waals surface area contributed by atoms with E-state index in [2.05, 4.69) is 39.3 Å². The van der Waals surface area contributed by atoms with Crippen LogP contribution in [0.25, 0.3) is 10.2 Å². The number of rotatable bonds is 8. The van der Waals surface area contributed by atoms with Crippen molar-refractivity contribution in [2.75, 3.05) is 38.0 Å². The van der Waals surface area contributed by atoms with Crippen molar-refractivity contribution < 1.29 is 4.79 Å². The summed E-state index contributed by atoms with van der Waals surface area (Å²) in [6, 6.07) is 2.04. The number of aromatic nitrogens is 2. The Morgan fingerprint density at radius 3 is 2.82 bits per heavy atom. The molecule has 0 spiro atoms. The van der Waals surface area contributed by atoms with Crippen LogP contribution < -0.4 is 10.6 Å². The third-order valence-corrected chi connectivity index (χ3v) is 4.47. The van der Waals surface area contributed by atoms with Crippen molar-refractivity contribution in [1.82, 2.24) is 20.2 Å². The molecule has 0 aromatic carbocycles. The molecule has 0 atom stereocenters. The summed E-state index contributed by atoms with van der Waals surface area (Å²) < 4.78 is 0. The first-order chi connectivity index (χ1) is 10.6. The summed E-state index contributed by atoms with van der Waals surface area (Å²) in [4.78, 5) is 24.7. The van der Waals surface area contributed by atoms with Gasteiger partial charge in [0.1, 0.15) is 17.0 Å². The highest BCUT2D eigenvalue weighted by molar-refractivity contribution is 7.18. The number of nitrogens with zero attached hydrogens (tertiary/aromatic N) is 3. The number of hydrogen-bond acceptors (Lipinski definition) is 6. The summed E-state index contributed by atoms with van der Waals surface area (Å²) in [5.74, 6) is 0.694.